The van der Waals surface area contributed by atoms with Crippen LogP contribution in [0.4, 0.5) is 0 Å². The summed E-state index contributed by atoms with van der Waals surface area (Å²) in [5.41, 5.74) is 1.31. The summed E-state index contributed by atoms with van der Waals surface area (Å²) < 4.78 is 10.6. The molecule has 2 fully saturated rings. The molecule has 152 valence electrons. The third kappa shape index (κ3) is 4.40. The van der Waals surface area contributed by atoms with Gasteiger partial charge in [0.05, 0.1) is 12.5 Å². The van der Waals surface area contributed by atoms with Crippen LogP contribution in [0.25, 0.3) is 0 Å². The number of carbonyl (C=O) groups is 2. The zero-order chi connectivity index (χ0) is 20.4. The van der Waals surface area contributed by atoms with E-state index in [0.717, 1.165) is 42.6 Å². The molecule has 2 aliphatic carbocycles. The van der Waals surface area contributed by atoms with Gasteiger partial charge in [0.15, 0.2) is 6.61 Å². The Morgan fingerprint density at radius 2 is 1.72 bits per heavy atom. The molecule has 2 aromatic rings. The lowest BCUT2D eigenvalue weighted by Crippen LogP contribution is -2.37. The highest BCUT2D eigenvalue weighted by atomic mass is 35.5. The first-order valence-corrected chi connectivity index (χ1v) is 10.3. The van der Waals surface area contributed by atoms with Crippen molar-refractivity contribution in [3.05, 3.63) is 64.7 Å². The van der Waals surface area contributed by atoms with Crippen LogP contribution in [0.2, 0.25) is 5.02 Å². The number of ether oxygens (including phenoxy) is 2. The van der Waals surface area contributed by atoms with Crippen molar-refractivity contribution < 1.29 is 19.1 Å². The molecular weight excluding hydrogens is 390 g/mol. The summed E-state index contributed by atoms with van der Waals surface area (Å²) in [6.07, 6.45) is 3.45. The Balaban J connectivity index is 1.37. The predicted molar refractivity (Wildman–Crippen MR) is 110 cm³/mol. The molecule has 0 bridgehead atoms. The number of amides is 1. The molecule has 0 saturated heterocycles. The predicted octanol–water partition coefficient (Wildman–Crippen LogP) is 4.11. The molecule has 2 aliphatic rings. The average molecular weight is 414 g/mol. The third-order valence-electron chi connectivity index (χ3n) is 5.68. The van der Waals surface area contributed by atoms with Gasteiger partial charge in [-0.15, -0.1) is 0 Å². The molecule has 0 atom stereocenters. The number of carbonyl (C=O) groups excluding carboxylic acids is 2. The first-order valence-electron chi connectivity index (χ1n) is 9.87. The van der Waals surface area contributed by atoms with Crippen molar-refractivity contribution in [3.8, 4) is 5.75 Å². The van der Waals surface area contributed by atoms with Crippen molar-refractivity contribution in [2.75, 3.05) is 13.7 Å². The van der Waals surface area contributed by atoms with Crippen molar-refractivity contribution in [2.24, 2.45) is 0 Å². The fourth-order valence-electron chi connectivity index (χ4n) is 3.59. The minimum absolute atomic E-state index is 0.149. The van der Waals surface area contributed by atoms with Gasteiger partial charge in [-0.1, -0.05) is 35.9 Å². The van der Waals surface area contributed by atoms with Crippen LogP contribution in [0.15, 0.2) is 48.5 Å². The van der Waals surface area contributed by atoms with Gasteiger partial charge in [-0.2, -0.15) is 0 Å². The second-order valence-corrected chi connectivity index (χ2v) is 8.20. The molecule has 6 heteroatoms. The Labute approximate surface area is 175 Å². The van der Waals surface area contributed by atoms with Gasteiger partial charge in [-0.05, 0) is 61.1 Å². The summed E-state index contributed by atoms with van der Waals surface area (Å²) in [5.74, 6) is 0.306. The van der Waals surface area contributed by atoms with Crippen molar-refractivity contribution in [1.82, 2.24) is 4.90 Å². The summed E-state index contributed by atoms with van der Waals surface area (Å²) in [7, 11) is 1.63. The lowest BCUT2D eigenvalue weighted by Gasteiger charge is -2.23. The van der Waals surface area contributed by atoms with Crippen LogP contribution < -0.4 is 4.74 Å². The van der Waals surface area contributed by atoms with Gasteiger partial charge >= 0.3 is 5.97 Å². The van der Waals surface area contributed by atoms with E-state index < -0.39 is 5.41 Å². The zero-order valence-corrected chi connectivity index (χ0v) is 17.2. The Hall–Kier alpha value is -2.53. The minimum atomic E-state index is -0.620. The third-order valence-corrected chi connectivity index (χ3v) is 5.94. The first kappa shape index (κ1) is 19.8. The van der Waals surface area contributed by atoms with Gasteiger partial charge in [0.2, 0.25) is 0 Å². The zero-order valence-electron chi connectivity index (χ0n) is 16.4. The Morgan fingerprint density at radius 1 is 1.07 bits per heavy atom. The van der Waals surface area contributed by atoms with Crippen LogP contribution in [0.1, 0.15) is 36.8 Å². The van der Waals surface area contributed by atoms with E-state index in [1.807, 2.05) is 41.3 Å². The van der Waals surface area contributed by atoms with Crippen LogP contribution in [-0.2, 0) is 26.3 Å². The molecule has 1 amide bonds. The molecule has 0 N–H and O–H groups in total. The maximum atomic E-state index is 12.8. The van der Waals surface area contributed by atoms with Gasteiger partial charge in [-0.25, -0.2) is 0 Å². The lowest BCUT2D eigenvalue weighted by atomic mass is 9.96. The normalized spacial score (nSPS) is 16.8. The van der Waals surface area contributed by atoms with E-state index in [1.165, 1.54) is 0 Å². The lowest BCUT2D eigenvalue weighted by molar-refractivity contribution is -0.154. The standard InChI is InChI=1S/C23H24ClNO4/c1-28-20-10-2-16(3-11-20)14-25(19-8-9-19)21(26)15-29-22(27)23(12-13-23)17-4-6-18(24)7-5-17/h2-7,10-11,19H,8-9,12-15H2,1H3. The Kier molecular flexibility index (Phi) is 5.50. The van der Waals surface area contributed by atoms with Crippen molar-refractivity contribution >= 4 is 23.5 Å². The number of hydrogen-bond donors (Lipinski definition) is 0. The number of esters is 1. The molecule has 29 heavy (non-hydrogen) atoms. The molecule has 4 rings (SSSR count). The second kappa shape index (κ2) is 8.07. The number of hydrogen-bond acceptors (Lipinski definition) is 4. The number of rotatable bonds is 8. The van der Waals surface area contributed by atoms with Crippen molar-refractivity contribution in [2.45, 2.75) is 43.7 Å². The number of nitrogens with zero attached hydrogens (tertiary/aromatic N) is 1. The van der Waals surface area contributed by atoms with E-state index in [1.54, 1.807) is 19.2 Å². The van der Waals surface area contributed by atoms with Gasteiger partial charge in [0.25, 0.3) is 5.91 Å². The van der Waals surface area contributed by atoms with E-state index in [0.29, 0.717) is 11.6 Å². The molecule has 0 aromatic heterocycles. The van der Waals surface area contributed by atoms with Crippen LogP contribution >= 0.6 is 11.6 Å². The second-order valence-electron chi connectivity index (χ2n) is 7.77. The quantitative estimate of drug-likeness (QED) is 0.611. The highest BCUT2D eigenvalue weighted by Gasteiger charge is 2.53. The maximum absolute atomic E-state index is 12.8. The Morgan fingerprint density at radius 3 is 2.28 bits per heavy atom. The largest absolute Gasteiger partial charge is 0.497 e. The topological polar surface area (TPSA) is 55.8 Å². The molecule has 0 radical (unpaired) electrons. The molecule has 0 aliphatic heterocycles. The molecule has 5 nitrogen and oxygen atoms in total. The van der Waals surface area contributed by atoms with E-state index in [9.17, 15) is 9.59 Å². The summed E-state index contributed by atoms with van der Waals surface area (Å²) in [6.45, 7) is 0.286. The van der Waals surface area contributed by atoms with Crippen LogP contribution in [0.5, 0.6) is 5.75 Å². The first-order chi connectivity index (χ1) is 14.0. The monoisotopic (exact) mass is 413 g/mol. The van der Waals surface area contributed by atoms with Crippen LogP contribution in [-0.4, -0.2) is 36.5 Å². The Bertz CT molecular complexity index is 886. The van der Waals surface area contributed by atoms with E-state index >= 15 is 0 Å². The summed E-state index contributed by atoms with van der Waals surface area (Å²) >= 11 is 5.94. The number of benzene rings is 2. The van der Waals surface area contributed by atoms with Gasteiger partial charge in [0.1, 0.15) is 5.75 Å². The van der Waals surface area contributed by atoms with Gasteiger partial charge in [0, 0.05) is 17.6 Å². The van der Waals surface area contributed by atoms with E-state index in [4.69, 9.17) is 21.1 Å². The minimum Gasteiger partial charge on any atom is -0.497 e. The van der Waals surface area contributed by atoms with E-state index in [-0.39, 0.29) is 24.5 Å². The highest BCUT2D eigenvalue weighted by molar-refractivity contribution is 6.30. The molecule has 2 aromatic carbocycles. The highest BCUT2D eigenvalue weighted by Crippen LogP contribution is 2.49. The average Bonchev–Trinajstić information content (AvgIpc) is 3.64. The molecular formula is C23H24ClNO4. The van der Waals surface area contributed by atoms with Crippen LogP contribution in [0.3, 0.4) is 0 Å². The van der Waals surface area contributed by atoms with E-state index in [2.05, 4.69) is 0 Å². The summed E-state index contributed by atoms with van der Waals surface area (Å²) in [4.78, 5) is 27.3. The van der Waals surface area contributed by atoms with Crippen molar-refractivity contribution in [3.63, 3.8) is 0 Å². The fraction of sp³-hybridized carbons (Fsp3) is 0.391. The summed E-state index contributed by atoms with van der Waals surface area (Å²) in [6, 6.07) is 15.2. The van der Waals surface area contributed by atoms with Crippen molar-refractivity contribution in [1.29, 1.82) is 0 Å². The molecule has 0 spiro atoms. The molecule has 0 heterocycles. The number of methoxy groups -OCH3 is 1. The maximum Gasteiger partial charge on any atom is 0.317 e. The SMILES string of the molecule is COc1ccc(CN(C(=O)COC(=O)C2(c3ccc(Cl)cc3)CC2)C2CC2)cc1. The van der Waals surface area contributed by atoms with Crippen LogP contribution in [0, 0.1) is 0 Å². The number of halogens is 1. The molecule has 0 unspecified atom stereocenters. The van der Waals surface area contributed by atoms with Gasteiger partial charge in [-0.3, -0.25) is 9.59 Å². The smallest absolute Gasteiger partial charge is 0.317 e. The molecule has 2 saturated carbocycles. The fourth-order valence-corrected chi connectivity index (χ4v) is 3.71. The summed E-state index contributed by atoms with van der Waals surface area (Å²) in [5, 5.41) is 0.631. The van der Waals surface area contributed by atoms with Gasteiger partial charge < -0.3 is 14.4 Å².